The predicted octanol–water partition coefficient (Wildman–Crippen LogP) is 3.22. The molecule has 1 atom stereocenters. The smallest absolute Gasteiger partial charge is 0.170 e. The first-order chi connectivity index (χ1) is 5.95. The first kappa shape index (κ1) is 12.1. The van der Waals surface area contributed by atoms with Crippen LogP contribution in [-0.4, -0.2) is 12.0 Å². The standard InChI is InChI=1S/C11H17FO/c1-8(2)9(3)6-5-7-11(13)10(4)12/h5-6,10H,7H2,1-4H3/b6-5-. The maximum Gasteiger partial charge on any atom is 0.170 e. The molecule has 74 valence electrons. The molecule has 1 unspecified atom stereocenters. The van der Waals surface area contributed by atoms with Gasteiger partial charge in [0.05, 0.1) is 0 Å². The highest BCUT2D eigenvalue weighted by atomic mass is 19.1. The van der Waals surface area contributed by atoms with Crippen LogP contribution in [0.2, 0.25) is 0 Å². The van der Waals surface area contributed by atoms with Gasteiger partial charge in [0.1, 0.15) is 0 Å². The third-order valence-electron chi connectivity index (χ3n) is 1.92. The number of Topliss-reactive ketones (excluding diaryl/α,β-unsaturated/α-hetero) is 1. The number of alkyl halides is 1. The van der Waals surface area contributed by atoms with Gasteiger partial charge in [0.25, 0.3) is 0 Å². The second-order valence-corrected chi connectivity index (χ2v) is 3.37. The summed E-state index contributed by atoms with van der Waals surface area (Å²) in [6, 6.07) is 0. The van der Waals surface area contributed by atoms with Crippen LogP contribution < -0.4 is 0 Å². The fourth-order valence-electron chi connectivity index (χ4n) is 0.681. The molecule has 0 aromatic rings. The molecule has 0 spiro atoms. The Hall–Kier alpha value is -0.920. The van der Waals surface area contributed by atoms with E-state index in [9.17, 15) is 9.18 Å². The molecule has 2 heteroatoms. The van der Waals surface area contributed by atoms with E-state index < -0.39 is 6.17 Å². The molecule has 0 fully saturated rings. The summed E-state index contributed by atoms with van der Waals surface area (Å²) in [5.41, 5.74) is 2.33. The normalized spacial score (nSPS) is 13.0. The average Bonchev–Trinajstić information content (AvgIpc) is 2.03. The SMILES string of the molecule is CC(C)=C(C)/C=C\CC(=O)C(C)F. The Morgan fingerprint density at radius 3 is 2.31 bits per heavy atom. The van der Waals surface area contributed by atoms with Gasteiger partial charge in [-0.05, 0) is 27.7 Å². The molecular formula is C11H17FO. The Morgan fingerprint density at radius 2 is 1.92 bits per heavy atom. The van der Waals surface area contributed by atoms with Crippen molar-refractivity contribution in [3.8, 4) is 0 Å². The van der Waals surface area contributed by atoms with Crippen molar-refractivity contribution in [1.82, 2.24) is 0 Å². The lowest BCUT2D eigenvalue weighted by atomic mass is 10.1. The molecule has 0 bridgehead atoms. The van der Waals surface area contributed by atoms with E-state index in [1.807, 2.05) is 26.8 Å². The maximum absolute atomic E-state index is 12.4. The van der Waals surface area contributed by atoms with Crippen molar-refractivity contribution < 1.29 is 9.18 Å². The van der Waals surface area contributed by atoms with Crippen molar-refractivity contribution >= 4 is 5.78 Å². The molecule has 0 saturated heterocycles. The number of ketones is 1. The summed E-state index contributed by atoms with van der Waals surface area (Å²) in [5.74, 6) is -0.363. The molecule has 0 amide bonds. The van der Waals surface area contributed by atoms with Crippen LogP contribution in [0.1, 0.15) is 34.1 Å². The molecule has 0 radical (unpaired) electrons. The van der Waals surface area contributed by atoms with E-state index in [0.717, 1.165) is 5.57 Å². The largest absolute Gasteiger partial charge is 0.296 e. The molecule has 13 heavy (non-hydrogen) atoms. The van der Waals surface area contributed by atoms with Gasteiger partial charge in [0, 0.05) is 6.42 Å². The topological polar surface area (TPSA) is 17.1 Å². The number of allylic oxidation sites excluding steroid dienone is 4. The Labute approximate surface area is 79.3 Å². The van der Waals surface area contributed by atoms with E-state index in [1.54, 1.807) is 6.08 Å². The molecule has 0 N–H and O–H groups in total. The monoisotopic (exact) mass is 184 g/mol. The van der Waals surface area contributed by atoms with E-state index in [2.05, 4.69) is 0 Å². The van der Waals surface area contributed by atoms with E-state index in [0.29, 0.717) is 0 Å². The Morgan fingerprint density at radius 1 is 1.38 bits per heavy atom. The molecule has 0 aromatic carbocycles. The van der Waals surface area contributed by atoms with E-state index in [-0.39, 0.29) is 12.2 Å². The summed E-state index contributed by atoms with van der Waals surface area (Å²) in [5, 5.41) is 0. The minimum atomic E-state index is -1.35. The van der Waals surface area contributed by atoms with Crippen molar-refractivity contribution in [2.45, 2.75) is 40.3 Å². The van der Waals surface area contributed by atoms with Gasteiger partial charge in [-0.1, -0.05) is 23.3 Å². The first-order valence-corrected chi connectivity index (χ1v) is 4.42. The van der Waals surface area contributed by atoms with Crippen LogP contribution in [0.4, 0.5) is 4.39 Å². The van der Waals surface area contributed by atoms with Crippen molar-refractivity contribution in [1.29, 1.82) is 0 Å². The summed E-state index contributed by atoms with van der Waals surface area (Å²) >= 11 is 0. The van der Waals surface area contributed by atoms with Gasteiger partial charge in [-0.25, -0.2) is 4.39 Å². The minimum Gasteiger partial charge on any atom is -0.296 e. The maximum atomic E-state index is 12.4. The average molecular weight is 184 g/mol. The molecule has 0 aliphatic heterocycles. The molecule has 0 aromatic heterocycles. The molecule has 0 saturated carbocycles. The highest BCUT2D eigenvalue weighted by Gasteiger charge is 2.07. The lowest BCUT2D eigenvalue weighted by Crippen LogP contribution is -2.09. The zero-order valence-electron chi connectivity index (χ0n) is 8.73. The van der Waals surface area contributed by atoms with Crippen molar-refractivity contribution in [3.05, 3.63) is 23.3 Å². The van der Waals surface area contributed by atoms with E-state index >= 15 is 0 Å². The van der Waals surface area contributed by atoms with Gasteiger partial charge in [-0.15, -0.1) is 0 Å². The molecule has 0 aliphatic rings. The molecule has 0 heterocycles. The Bertz CT molecular complexity index is 232. The molecule has 1 nitrogen and oxygen atoms in total. The van der Waals surface area contributed by atoms with Gasteiger partial charge in [0.2, 0.25) is 0 Å². The highest BCUT2D eigenvalue weighted by molar-refractivity contribution is 5.83. The number of rotatable bonds is 4. The zero-order chi connectivity index (χ0) is 10.4. The number of carbonyl (C=O) groups excluding carboxylic acids is 1. The fourth-order valence-corrected chi connectivity index (χ4v) is 0.681. The summed E-state index contributed by atoms with van der Waals surface area (Å²) in [6.45, 7) is 7.23. The number of hydrogen-bond donors (Lipinski definition) is 0. The van der Waals surface area contributed by atoms with Crippen LogP contribution in [-0.2, 0) is 4.79 Å². The van der Waals surface area contributed by atoms with Crippen LogP contribution in [0.5, 0.6) is 0 Å². The third kappa shape index (κ3) is 5.34. The Balaban J connectivity index is 4.04. The first-order valence-electron chi connectivity index (χ1n) is 4.42. The third-order valence-corrected chi connectivity index (χ3v) is 1.92. The molecular weight excluding hydrogens is 167 g/mol. The van der Waals surface area contributed by atoms with Crippen LogP contribution in [0.15, 0.2) is 23.3 Å². The van der Waals surface area contributed by atoms with Crippen molar-refractivity contribution in [2.75, 3.05) is 0 Å². The van der Waals surface area contributed by atoms with Gasteiger partial charge in [-0.2, -0.15) is 0 Å². The highest BCUT2D eigenvalue weighted by Crippen LogP contribution is 2.04. The molecule has 0 aliphatic carbocycles. The van der Waals surface area contributed by atoms with Gasteiger partial charge < -0.3 is 0 Å². The van der Waals surface area contributed by atoms with Crippen LogP contribution in [0.25, 0.3) is 0 Å². The van der Waals surface area contributed by atoms with Gasteiger partial charge >= 0.3 is 0 Å². The van der Waals surface area contributed by atoms with E-state index in [1.165, 1.54) is 12.5 Å². The second kappa shape index (κ2) is 5.68. The van der Waals surface area contributed by atoms with Gasteiger partial charge in [-0.3, -0.25) is 4.79 Å². The van der Waals surface area contributed by atoms with E-state index in [4.69, 9.17) is 0 Å². The minimum absolute atomic E-state index is 0.183. The van der Waals surface area contributed by atoms with Crippen molar-refractivity contribution in [2.24, 2.45) is 0 Å². The van der Waals surface area contributed by atoms with Crippen LogP contribution in [0.3, 0.4) is 0 Å². The van der Waals surface area contributed by atoms with Crippen LogP contribution >= 0.6 is 0 Å². The second-order valence-electron chi connectivity index (χ2n) is 3.37. The summed E-state index contributed by atoms with van der Waals surface area (Å²) in [7, 11) is 0. The number of hydrogen-bond acceptors (Lipinski definition) is 1. The summed E-state index contributed by atoms with van der Waals surface area (Å²) in [6.07, 6.45) is 2.40. The Kier molecular flexibility index (Phi) is 5.28. The number of halogens is 1. The fraction of sp³-hybridized carbons (Fsp3) is 0.545. The predicted molar refractivity (Wildman–Crippen MR) is 53.4 cm³/mol. The van der Waals surface area contributed by atoms with Crippen LogP contribution in [0, 0.1) is 0 Å². The van der Waals surface area contributed by atoms with Gasteiger partial charge in [0.15, 0.2) is 12.0 Å². The zero-order valence-corrected chi connectivity index (χ0v) is 8.73. The summed E-state index contributed by atoms with van der Waals surface area (Å²) < 4.78 is 12.4. The quantitative estimate of drug-likeness (QED) is 0.613. The lowest BCUT2D eigenvalue weighted by Gasteiger charge is -1.97. The molecule has 0 rings (SSSR count). The lowest BCUT2D eigenvalue weighted by molar-refractivity contribution is -0.122. The summed E-state index contributed by atoms with van der Waals surface area (Å²) in [4.78, 5) is 10.9. The number of carbonyl (C=O) groups is 1. The van der Waals surface area contributed by atoms with Crippen molar-refractivity contribution in [3.63, 3.8) is 0 Å².